The molecule has 0 N–H and O–H groups in total. The summed E-state index contributed by atoms with van der Waals surface area (Å²) in [6.07, 6.45) is 0. The van der Waals surface area contributed by atoms with Crippen molar-refractivity contribution in [2.75, 3.05) is 7.05 Å². The number of allylic oxidation sites excluding steroid dienone is 2. The van der Waals surface area contributed by atoms with Crippen LogP contribution in [0.1, 0.15) is 83.1 Å². The lowest BCUT2D eigenvalue weighted by molar-refractivity contribution is -0.0570. The van der Waals surface area contributed by atoms with E-state index in [-0.39, 0.29) is 16.5 Å². The summed E-state index contributed by atoms with van der Waals surface area (Å²) in [5.74, 6) is 1.03. The van der Waals surface area contributed by atoms with Gasteiger partial charge < -0.3 is 9.80 Å². The van der Waals surface area contributed by atoms with Crippen molar-refractivity contribution in [1.82, 2.24) is 9.80 Å². The predicted molar refractivity (Wildman–Crippen MR) is 103 cm³/mol. The van der Waals surface area contributed by atoms with Gasteiger partial charge in [0.1, 0.15) is 0 Å². The van der Waals surface area contributed by atoms with Crippen LogP contribution >= 0.6 is 0 Å². The normalized spacial score (nSPS) is 24.0. The first-order chi connectivity index (χ1) is 10.1. The third kappa shape index (κ3) is 2.81. The van der Waals surface area contributed by atoms with Crippen LogP contribution in [0.2, 0.25) is 0 Å². The molecular formula is C21H42N2. The van der Waals surface area contributed by atoms with Gasteiger partial charge >= 0.3 is 0 Å². The van der Waals surface area contributed by atoms with Crippen molar-refractivity contribution in [3.05, 3.63) is 11.4 Å². The monoisotopic (exact) mass is 322 g/mol. The number of rotatable bonds is 3. The van der Waals surface area contributed by atoms with Gasteiger partial charge in [-0.05, 0) is 53.4 Å². The van der Waals surface area contributed by atoms with Gasteiger partial charge in [-0.3, -0.25) is 0 Å². The fourth-order valence-corrected chi connectivity index (χ4v) is 4.55. The average Bonchev–Trinajstić information content (AvgIpc) is 2.37. The second kappa shape index (κ2) is 6.01. The highest BCUT2D eigenvalue weighted by atomic mass is 15.3. The molecule has 0 radical (unpaired) electrons. The van der Waals surface area contributed by atoms with Crippen molar-refractivity contribution in [2.45, 2.75) is 100 Å². The summed E-state index contributed by atoms with van der Waals surface area (Å²) in [7, 11) is 2.30. The molecule has 0 aromatic carbocycles. The average molecular weight is 323 g/mol. The minimum absolute atomic E-state index is 0.0647. The van der Waals surface area contributed by atoms with Gasteiger partial charge in [0.25, 0.3) is 0 Å². The molecule has 136 valence electrons. The molecule has 0 spiro atoms. The molecule has 0 atom stereocenters. The van der Waals surface area contributed by atoms with E-state index < -0.39 is 0 Å². The molecule has 23 heavy (non-hydrogen) atoms. The molecule has 0 aliphatic carbocycles. The van der Waals surface area contributed by atoms with Crippen molar-refractivity contribution in [3.63, 3.8) is 0 Å². The quantitative estimate of drug-likeness (QED) is 0.653. The maximum atomic E-state index is 2.72. The van der Waals surface area contributed by atoms with E-state index >= 15 is 0 Å². The lowest BCUT2D eigenvalue weighted by Crippen LogP contribution is -2.64. The molecule has 0 aromatic rings. The maximum Gasteiger partial charge on any atom is 0.0419 e. The van der Waals surface area contributed by atoms with Gasteiger partial charge in [0.15, 0.2) is 0 Å². The van der Waals surface area contributed by atoms with Gasteiger partial charge in [-0.25, -0.2) is 0 Å². The number of hydrogen-bond acceptors (Lipinski definition) is 2. The Kier molecular flexibility index (Phi) is 5.32. The van der Waals surface area contributed by atoms with Crippen molar-refractivity contribution in [2.24, 2.45) is 17.3 Å². The molecule has 0 amide bonds. The van der Waals surface area contributed by atoms with Crippen LogP contribution in [-0.2, 0) is 0 Å². The molecule has 1 rings (SSSR count). The summed E-state index contributed by atoms with van der Waals surface area (Å²) in [5.41, 5.74) is 3.30. The Morgan fingerprint density at radius 2 is 1.04 bits per heavy atom. The highest BCUT2D eigenvalue weighted by Crippen LogP contribution is 2.53. The van der Waals surface area contributed by atoms with E-state index in [1.54, 1.807) is 0 Å². The van der Waals surface area contributed by atoms with Crippen LogP contribution in [-0.4, -0.2) is 34.0 Å². The lowest BCUT2D eigenvalue weighted by Gasteiger charge is -2.58. The molecule has 0 saturated heterocycles. The van der Waals surface area contributed by atoms with Crippen LogP contribution in [0.5, 0.6) is 0 Å². The zero-order valence-corrected chi connectivity index (χ0v) is 18.1. The predicted octanol–water partition coefficient (Wildman–Crippen LogP) is 5.75. The Labute approximate surface area is 146 Å². The third-order valence-electron chi connectivity index (χ3n) is 6.99. The van der Waals surface area contributed by atoms with E-state index in [9.17, 15) is 0 Å². The highest BCUT2D eigenvalue weighted by Gasteiger charge is 2.56. The lowest BCUT2D eigenvalue weighted by atomic mass is 9.61. The first kappa shape index (κ1) is 20.4. The molecule has 1 aliphatic rings. The molecule has 0 saturated carbocycles. The van der Waals surface area contributed by atoms with Gasteiger partial charge in [-0.2, -0.15) is 0 Å². The first-order valence-corrected chi connectivity index (χ1v) is 9.39. The standard InChI is InChI=1S/C21H42N2/c1-14(2)17-18(15(3)4)23(16(5)6)21(11,12)19(7,8)20(9,10)22(17)13/h14-16H,1-13H3. The minimum Gasteiger partial charge on any atom is -0.371 e. The molecular weight excluding hydrogens is 280 g/mol. The summed E-state index contributed by atoms with van der Waals surface area (Å²) in [4.78, 5) is 5.30. The highest BCUT2D eigenvalue weighted by molar-refractivity contribution is 5.27. The summed E-state index contributed by atoms with van der Waals surface area (Å²) in [6, 6.07) is 0.484. The van der Waals surface area contributed by atoms with Crippen LogP contribution in [0.25, 0.3) is 0 Å². The second-order valence-corrected chi connectivity index (χ2v) is 9.85. The molecule has 1 aliphatic heterocycles. The fraction of sp³-hybridized carbons (Fsp3) is 0.905. The minimum atomic E-state index is 0.0647. The Morgan fingerprint density at radius 1 is 0.652 bits per heavy atom. The van der Waals surface area contributed by atoms with Gasteiger partial charge in [0, 0.05) is 41.0 Å². The molecule has 0 fully saturated rings. The van der Waals surface area contributed by atoms with Crippen molar-refractivity contribution in [3.8, 4) is 0 Å². The summed E-state index contributed by atoms with van der Waals surface area (Å²) >= 11 is 0. The number of nitrogens with zero attached hydrogens (tertiary/aromatic N) is 2. The zero-order chi connectivity index (χ0) is 18.5. The third-order valence-corrected chi connectivity index (χ3v) is 6.99. The van der Waals surface area contributed by atoms with E-state index in [1.165, 1.54) is 11.4 Å². The van der Waals surface area contributed by atoms with Crippen molar-refractivity contribution >= 4 is 0 Å². The maximum absolute atomic E-state index is 2.72. The van der Waals surface area contributed by atoms with Gasteiger partial charge in [0.2, 0.25) is 0 Å². The fourth-order valence-electron chi connectivity index (χ4n) is 4.55. The molecule has 2 nitrogen and oxygen atoms in total. The summed E-state index contributed by atoms with van der Waals surface area (Å²) < 4.78 is 0. The molecule has 0 unspecified atom stereocenters. The Bertz CT molecular complexity index is 464. The molecule has 1 heterocycles. The smallest absolute Gasteiger partial charge is 0.0419 e. The van der Waals surface area contributed by atoms with Crippen LogP contribution in [0.4, 0.5) is 0 Å². The van der Waals surface area contributed by atoms with E-state index in [1.807, 2.05) is 0 Å². The van der Waals surface area contributed by atoms with Gasteiger partial charge in [-0.1, -0.05) is 41.5 Å². The molecule has 0 aromatic heterocycles. The second-order valence-electron chi connectivity index (χ2n) is 9.85. The van der Waals surface area contributed by atoms with E-state index in [4.69, 9.17) is 0 Å². The van der Waals surface area contributed by atoms with Crippen molar-refractivity contribution < 1.29 is 0 Å². The van der Waals surface area contributed by atoms with E-state index in [2.05, 4.69) is 99.9 Å². The largest absolute Gasteiger partial charge is 0.371 e. The topological polar surface area (TPSA) is 6.48 Å². The van der Waals surface area contributed by atoms with Crippen LogP contribution in [0, 0.1) is 17.3 Å². The Hall–Kier alpha value is -0.660. The van der Waals surface area contributed by atoms with Crippen LogP contribution < -0.4 is 0 Å². The SMILES string of the molecule is CC(C)C1=C(C(C)C)N(C(C)C)C(C)(C)C(C)(C)C(C)(C)N1C. The summed E-state index contributed by atoms with van der Waals surface area (Å²) in [5, 5.41) is 0. The van der Waals surface area contributed by atoms with E-state index in [0.717, 1.165) is 0 Å². The Morgan fingerprint density at radius 3 is 1.35 bits per heavy atom. The van der Waals surface area contributed by atoms with Gasteiger partial charge in [0.05, 0.1) is 0 Å². The van der Waals surface area contributed by atoms with Gasteiger partial charge in [-0.15, -0.1) is 0 Å². The van der Waals surface area contributed by atoms with Crippen LogP contribution in [0.15, 0.2) is 11.4 Å². The Balaban J connectivity index is 3.92. The molecule has 2 heteroatoms. The van der Waals surface area contributed by atoms with Crippen molar-refractivity contribution in [1.29, 1.82) is 0 Å². The summed E-state index contributed by atoms with van der Waals surface area (Å²) in [6.45, 7) is 28.7. The number of hydrogen-bond donors (Lipinski definition) is 0. The van der Waals surface area contributed by atoms with Crippen LogP contribution in [0.3, 0.4) is 0 Å². The molecule has 0 bridgehead atoms. The first-order valence-electron chi connectivity index (χ1n) is 9.39. The van der Waals surface area contributed by atoms with E-state index in [0.29, 0.717) is 17.9 Å². The zero-order valence-electron chi connectivity index (χ0n) is 18.1.